The molecule has 1 aliphatic heterocycles. The molecule has 0 bridgehead atoms. The maximum atomic E-state index is 13.0. The van der Waals surface area contributed by atoms with E-state index < -0.39 is 53.2 Å². The average Bonchev–Trinajstić information content (AvgIpc) is 3.27. The van der Waals surface area contributed by atoms with Crippen LogP contribution in [0, 0.1) is 6.92 Å². The predicted octanol–water partition coefficient (Wildman–Crippen LogP) is 0.900. The topological polar surface area (TPSA) is 175 Å². The van der Waals surface area contributed by atoms with Crippen molar-refractivity contribution in [2.45, 2.75) is 63.5 Å². The van der Waals surface area contributed by atoms with Crippen LogP contribution in [0.5, 0.6) is 0 Å². The summed E-state index contributed by atoms with van der Waals surface area (Å²) < 4.78 is 27.4. The molecular weight excluding hydrogens is 518 g/mol. The molecule has 2 N–H and O–H groups in total. The number of nitrogens with zero attached hydrogens (tertiary/aromatic N) is 2. The fourth-order valence-corrected chi connectivity index (χ4v) is 5.74. The SMILES string of the molecule is CCOC(=O)c1sc2nc(S[C@@H]3O[C@H](COC(C)=O)[C@@H](OC(C)=O)[C@@H]3OC(C)=O)n(N)c(=O)c2c1C. The molecule has 36 heavy (non-hydrogen) atoms. The van der Waals surface area contributed by atoms with Crippen LogP contribution in [0.1, 0.15) is 42.9 Å². The molecule has 3 rings (SSSR count). The number of hydrogen-bond donors (Lipinski definition) is 1. The van der Waals surface area contributed by atoms with E-state index in [0.29, 0.717) is 5.56 Å². The first kappa shape index (κ1) is 27.4. The number of nitrogens with two attached hydrogens (primary N) is 1. The van der Waals surface area contributed by atoms with E-state index in [2.05, 4.69) is 4.98 Å². The number of nitrogen functional groups attached to an aromatic ring is 1. The third-order valence-electron chi connectivity index (χ3n) is 4.97. The zero-order valence-electron chi connectivity index (χ0n) is 20.1. The Morgan fingerprint density at radius 1 is 1.08 bits per heavy atom. The van der Waals surface area contributed by atoms with Gasteiger partial charge in [-0.3, -0.25) is 19.2 Å². The van der Waals surface area contributed by atoms with Crippen LogP contribution in [0.2, 0.25) is 0 Å². The smallest absolute Gasteiger partial charge is 0.348 e. The van der Waals surface area contributed by atoms with Gasteiger partial charge in [0.15, 0.2) is 22.8 Å². The number of thioether (sulfide) groups is 1. The summed E-state index contributed by atoms with van der Waals surface area (Å²) in [6.45, 7) is 6.68. The molecule has 0 radical (unpaired) electrons. The highest BCUT2D eigenvalue weighted by atomic mass is 32.2. The third-order valence-corrected chi connectivity index (χ3v) is 7.25. The summed E-state index contributed by atoms with van der Waals surface area (Å²) in [4.78, 5) is 65.0. The van der Waals surface area contributed by atoms with Crippen molar-refractivity contribution < 1.29 is 42.9 Å². The third kappa shape index (κ3) is 5.79. The lowest BCUT2D eigenvalue weighted by molar-refractivity contribution is -0.165. The fourth-order valence-electron chi connectivity index (χ4n) is 3.53. The van der Waals surface area contributed by atoms with E-state index in [4.69, 9.17) is 29.5 Å². The molecule has 196 valence electrons. The van der Waals surface area contributed by atoms with E-state index in [0.717, 1.165) is 27.8 Å². The van der Waals surface area contributed by atoms with Crippen molar-refractivity contribution in [3.63, 3.8) is 0 Å². The zero-order chi connectivity index (χ0) is 26.7. The van der Waals surface area contributed by atoms with Gasteiger partial charge < -0.3 is 29.5 Å². The lowest BCUT2D eigenvalue weighted by Crippen LogP contribution is -2.41. The van der Waals surface area contributed by atoms with Crippen molar-refractivity contribution in [2.24, 2.45) is 0 Å². The summed E-state index contributed by atoms with van der Waals surface area (Å²) in [6, 6.07) is 0. The Morgan fingerprint density at radius 2 is 1.72 bits per heavy atom. The Hall–Kier alpha value is -3.17. The number of aryl methyl sites for hydroxylation is 1. The van der Waals surface area contributed by atoms with Crippen LogP contribution in [0.4, 0.5) is 0 Å². The molecule has 1 fully saturated rings. The Labute approximate surface area is 213 Å². The van der Waals surface area contributed by atoms with E-state index in [9.17, 15) is 24.0 Å². The first-order valence-corrected chi connectivity index (χ1v) is 12.4. The van der Waals surface area contributed by atoms with Crippen LogP contribution < -0.4 is 11.4 Å². The van der Waals surface area contributed by atoms with Gasteiger partial charge in [-0.05, 0) is 19.4 Å². The summed E-state index contributed by atoms with van der Waals surface area (Å²) in [7, 11) is 0. The second-order valence-corrected chi connectivity index (χ2v) is 9.70. The van der Waals surface area contributed by atoms with E-state index in [1.165, 1.54) is 20.8 Å². The molecule has 0 amide bonds. The number of aromatic nitrogens is 2. The predicted molar refractivity (Wildman–Crippen MR) is 127 cm³/mol. The molecule has 1 saturated heterocycles. The number of hydrogen-bond acceptors (Lipinski definition) is 14. The molecule has 0 aliphatic carbocycles. The van der Waals surface area contributed by atoms with Gasteiger partial charge in [0, 0.05) is 20.8 Å². The molecule has 0 saturated carbocycles. The zero-order valence-corrected chi connectivity index (χ0v) is 21.7. The highest BCUT2D eigenvalue weighted by molar-refractivity contribution is 7.99. The van der Waals surface area contributed by atoms with E-state index in [1.807, 2.05) is 0 Å². The second kappa shape index (κ2) is 11.3. The van der Waals surface area contributed by atoms with Crippen molar-refractivity contribution in [1.82, 2.24) is 9.66 Å². The van der Waals surface area contributed by atoms with Gasteiger partial charge in [-0.15, -0.1) is 11.3 Å². The van der Waals surface area contributed by atoms with Crippen molar-refractivity contribution in [2.75, 3.05) is 19.1 Å². The molecule has 13 nitrogen and oxygen atoms in total. The van der Waals surface area contributed by atoms with Gasteiger partial charge in [-0.2, -0.15) is 0 Å². The van der Waals surface area contributed by atoms with E-state index in [-0.39, 0.29) is 33.5 Å². The molecular formula is C21H25N3O10S2. The lowest BCUT2D eigenvalue weighted by atomic mass is 10.1. The highest BCUT2D eigenvalue weighted by Gasteiger charge is 2.50. The second-order valence-electron chi connectivity index (χ2n) is 7.64. The minimum Gasteiger partial charge on any atom is -0.463 e. The maximum absolute atomic E-state index is 13.0. The molecule has 15 heteroatoms. The highest BCUT2D eigenvalue weighted by Crippen LogP contribution is 2.38. The standard InChI is InChI=1S/C21H25N3O10S2/c1-6-30-19(29)16-8(2)13-17(35-16)23-21(24(22)18(13)28)36-20-15(33-11(5)27)14(32-10(4)26)12(34-20)7-31-9(3)25/h12,14-15,20H,6-7,22H2,1-5H3/t12-,14-,15+,20+/m1/s1. The molecule has 1 aliphatic rings. The molecule has 4 atom stereocenters. The van der Waals surface area contributed by atoms with Crippen LogP contribution in [0.3, 0.4) is 0 Å². The molecule has 0 unspecified atom stereocenters. The van der Waals surface area contributed by atoms with Gasteiger partial charge in [-0.1, -0.05) is 11.8 Å². The molecule has 0 aromatic carbocycles. The number of carbonyl (C=O) groups excluding carboxylic acids is 4. The van der Waals surface area contributed by atoms with Gasteiger partial charge >= 0.3 is 23.9 Å². The summed E-state index contributed by atoms with van der Waals surface area (Å²) >= 11 is 1.82. The molecule has 2 aromatic heterocycles. The van der Waals surface area contributed by atoms with Crippen molar-refractivity contribution in [1.29, 1.82) is 0 Å². The lowest BCUT2D eigenvalue weighted by Gasteiger charge is -2.23. The minimum atomic E-state index is -1.13. The van der Waals surface area contributed by atoms with Crippen LogP contribution in [-0.4, -0.2) is 70.5 Å². The Morgan fingerprint density at radius 3 is 2.31 bits per heavy atom. The first-order chi connectivity index (χ1) is 16.9. The Bertz CT molecular complexity index is 1260. The number of fused-ring (bicyclic) bond motifs is 1. The Balaban J connectivity index is 2.00. The summed E-state index contributed by atoms with van der Waals surface area (Å²) in [5.74, 6) is 3.50. The number of ether oxygens (including phenoxy) is 5. The monoisotopic (exact) mass is 543 g/mol. The van der Waals surface area contributed by atoms with Crippen LogP contribution in [0.15, 0.2) is 9.95 Å². The summed E-state index contributed by atoms with van der Waals surface area (Å²) in [5, 5.41) is 0.158. The van der Waals surface area contributed by atoms with Crippen molar-refractivity contribution >= 4 is 57.2 Å². The fraction of sp³-hybridized carbons (Fsp3) is 0.524. The maximum Gasteiger partial charge on any atom is 0.348 e. The van der Waals surface area contributed by atoms with Crippen LogP contribution in [-0.2, 0) is 38.1 Å². The van der Waals surface area contributed by atoms with E-state index >= 15 is 0 Å². The van der Waals surface area contributed by atoms with Gasteiger partial charge in [-0.25, -0.2) is 14.5 Å². The van der Waals surface area contributed by atoms with Crippen molar-refractivity contribution in [3.8, 4) is 0 Å². The van der Waals surface area contributed by atoms with E-state index in [1.54, 1.807) is 13.8 Å². The summed E-state index contributed by atoms with van der Waals surface area (Å²) in [6.07, 6.45) is -3.21. The van der Waals surface area contributed by atoms with Gasteiger partial charge in [0.1, 0.15) is 22.4 Å². The summed E-state index contributed by atoms with van der Waals surface area (Å²) in [5.41, 5.74) is -1.25. The average molecular weight is 544 g/mol. The van der Waals surface area contributed by atoms with Gasteiger partial charge in [0.05, 0.1) is 12.0 Å². The quantitative estimate of drug-likeness (QED) is 0.215. The largest absolute Gasteiger partial charge is 0.463 e. The van der Waals surface area contributed by atoms with Gasteiger partial charge in [0.25, 0.3) is 5.56 Å². The number of rotatable bonds is 8. The Kier molecular flexibility index (Phi) is 8.58. The minimum absolute atomic E-state index is 0.0129. The molecule has 2 aromatic rings. The normalized spacial score (nSPS) is 21.2. The number of carbonyl (C=O) groups is 4. The molecule has 0 spiro atoms. The van der Waals surface area contributed by atoms with Crippen LogP contribution in [0.25, 0.3) is 10.2 Å². The molecule has 3 heterocycles. The van der Waals surface area contributed by atoms with Gasteiger partial charge in [0.2, 0.25) is 0 Å². The number of thiophene rings is 1. The number of esters is 4. The van der Waals surface area contributed by atoms with Crippen LogP contribution >= 0.6 is 23.1 Å². The van der Waals surface area contributed by atoms with Crippen molar-refractivity contribution in [3.05, 3.63) is 20.8 Å². The first-order valence-electron chi connectivity index (χ1n) is 10.7.